The SMILES string of the molecule is CCNC(C1CCOC1)C1CCOC1. The zero-order valence-electron chi connectivity index (χ0n) is 9.00. The molecular weight excluding hydrogens is 178 g/mol. The molecule has 3 nitrogen and oxygen atoms in total. The topological polar surface area (TPSA) is 30.5 Å². The molecule has 14 heavy (non-hydrogen) atoms. The van der Waals surface area contributed by atoms with E-state index in [4.69, 9.17) is 9.47 Å². The Bertz CT molecular complexity index is 147. The van der Waals surface area contributed by atoms with Crippen LogP contribution in [0.1, 0.15) is 19.8 Å². The normalized spacial score (nSPS) is 34.9. The molecule has 0 bridgehead atoms. The molecular formula is C11H21NO2. The molecule has 0 aromatic rings. The Morgan fingerprint density at radius 3 is 2.07 bits per heavy atom. The Balaban J connectivity index is 1.91. The first-order valence-corrected chi connectivity index (χ1v) is 5.80. The molecule has 0 saturated carbocycles. The molecule has 3 heteroatoms. The number of nitrogens with one attached hydrogen (secondary N) is 1. The zero-order valence-corrected chi connectivity index (χ0v) is 9.00. The Hall–Kier alpha value is -0.120. The fraction of sp³-hybridized carbons (Fsp3) is 1.00. The van der Waals surface area contributed by atoms with Crippen LogP contribution < -0.4 is 5.32 Å². The smallest absolute Gasteiger partial charge is 0.0510 e. The van der Waals surface area contributed by atoms with Crippen LogP contribution in [-0.4, -0.2) is 39.0 Å². The third-order valence-corrected chi connectivity index (χ3v) is 3.39. The van der Waals surface area contributed by atoms with Gasteiger partial charge < -0.3 is 14.8 Å². The van der Waals surface area contributed by atoms with Crippen LogP contribution in [0.15, 0.2) is 0 Å². The van der Waals surface area contributed by atoms with E-state index in [9.17, 15) is 0 Å². The lowest BCUT2D eigenvalue weighted by Gasteiger charge is -2.28. The molecule has 2 heterocycles. The molecule has 0 aromatic carbocycles. The van der Waals surface area contributed by atoms with Crippen molar-refractivity contribution in [1.29, 1.82) is 0 Å². The average molecular weight is 199 g/mol. The van der Waals surface area contributed by atoms with Gasteiger partial charge in [-0.1, -0.05) is 6.92 Å². The van der Waals surface area contributed by atoms with Crippen LogP contribution in [0.25, 0.3) is 0 Å². The zero-order chi connectivity index (χ0) is 9.80. The number of rotatable bonds is 4. The van der Waals surface area contributed by atoms with Gasteiger partial charge in [-0.05, 0) is 19.4 Å². The molecule has 82 valence electrons. The van der Waals surface area contributed by atoms with Crippen molar-refractivity contribution in [2.45, 2.75) is 25.8 Å². The predicted molar refractivity (Wildman–Crippen MR) is 55.3 cm³/mol. The number of hydrogen-bond acceptors (Lipinski definition) is 3. The van der Waals surface area contributed by atoms with E-state index >= 15 is 0 Å². The minimum absolute atomic E-state index is 0.616. The van der Waals surface area contributed by atoms with Crippen molar-refractivity contribution in [3.05, 3.63) is 0 Å². The van der Waals surface area contributed by atoms with E-state index in [2.05, 4.69) is 12.2 Å². The number of hydrogen-bond donors (Lipinski definition) is 1. The molecule has 2 unspecified atom stereocenters. The lowest BCUT2D eigenvalue weighted by Crippen LogP contribution is -2.42. The quantitative estimate of drug-likeness (QED) is 0.734. The lowest BCUT2D eigenvalue weighted by atomic mass is 9.87. The highest BCUT2D eigenvalue weighted by Gasteiger charge is 2.33. The Labute approximate surface area is 86.2 Å². The highest BCUT2D eigenvalue weighted by molar-refractivity contribution is 4.86. The molecule has 0 spiro atoms. The monoisotopic (exact) mass is 199 g/mol. The Morgan fingerprint density at radius 2 is 1.71 bits per heavy atom. The van der Waals surface area contributed by atoms with Crippen molar-refractivity contribution in [3.8, 4) is 0 Å². The largest absolute Gasteiger partial charge is 0.381 e. The van der Waals surface area contributed by atoms with Gasteiger partial charge >= 0.3 is 0 Å². The average Bonchev–Trinajstić information content (AvgIpc) is 2.87. The molecule has 2 atom stereocenters. The molecule has 0 aromatic heterocycles. The second kappa shape index (κ2) is 5.10. The van der Waals surface area contributed by atoms with Gasteiger partial charge in [0.05, 0.1) is 13.2 Å². The molecule has 0 aliphatic carbocycles. The van der Waals surface area contributed by atoms with E-state index in [1.54, 1.807) is 0 Å². The first kappa shape index (κ1) is 10.4. The standard InChI is InChI=1S/C11H21NO2/c1-2-12-11(9-3-5-13-7-9)10-4-6-14-8-10/h9-12H,2-8H2,1H3. The first-order chi connectivity index (χ1) is 6.92. The summed E-state index contributed by atoms with van der Waals surface area (Å²) in [5.41, 5.74) is 0. The fourth-order valence-corrected chi connectivity index (χ4v) is 2.63. The molecule has 2 rings (SSSR count). The van der Waals surface area contributed by atoms with Crippen molar-refractivity contribution in [1.82, 2.24) is 5.32 Å². The Kier molecular flexibility index (Phi) is 3.79. The van der Waals surface area contributed by atoms with Gasteiger partial charge in [-0.3, -0.25) is 0 Å². The lowest BCUT2D eigenvalue weighted by molar-refractivity contribution is 0.147. The van der Waals surface area contributed by atoms with E-state index in [0.29, 0.717) is 17.9 Å². The maximum absolute atomic E-state index is 5.46. The van der Waals surface area contributed by atoms with Crippen LogP contribution in [0.2, 0.25) is 0 Å². The van der Waals surface area contributed by atoms with Gasteiger partial charge in [0.25, 0.3) is 0 Å². The summed E-state index contributed by atoms with van der Waals surface area (Å²) >= 11 is 0. The molecule has 2 saturated heterocycles. The summed E-state index contributed by atoms with van der Waals surface area (Å²) in [6.45, 7) is 7.00. The van der Waals surface area contributed by atoms with Crippen LogP contribution >= 0.6 is 0 Å². The summed E-state index contributed by atoms with van der Waals surface area (Å²) in [4.78, 5) is 0. The van der Waals surface area contributed by atoms with E-state index in [1.165, 1.54) is 12.8 Å². The van der Waals surface area contributed by atoms with E-state index in [1.807, 2.05) is 0 Å². The van der Waals surface area contributed by atoms with Crippen molar-refractivity contribution in [2.24, 2.45) is 11.8 Å². The van der Waals surface area contributed by atoms with Gasteiger partial charge in [0.15, 0.2) is 0 Å². The minimum atomic E-state index is 0.616. The highest BCUT2D eigenvalue weighted by Crippen LogP contribution is 2.27. The molecule has 2 fully saturated rings. The minimum Gasteiger partial charge on any atom is -0.381 e. The fourth-order valence-electron chi connectivity index (χ4n) is 2.63. The summed E-state index contributed by atoms with van der Waals surface area (Å²) in [5, 5.41) is 3.61. The highest BCUT2D eigenvalue weighted by atomic mass is 16.5. The van der Waals surface area contributed by atoms with Gasteiger partial charge in [0.1, 0.15) is 0 Å². The van der Waals surface area contributed by atoms with Crippen molar-refractivity contribution >= 4 is 0 Å². The van der Waals surface area contributed by atoms with Crippen LogP contribution in [0, 0.1) is 11.8 Å². The van der Waals surface area contributed by atoms with Crippen molar-refractivity contribution in [2.75, 3.05) is 33.0 Å². The van der Waals surface area contributed by atoms with Crippen LogP contribution in [0.4, 0.5) is 0 Å². The third kappa shape index (κ3) is 2.27. The summed E-state index contributed by atoms with van der Waals surface area (Å²) < 4.78 is 10.9. The van der Waals surface area contributed by atoms with Crippen molar-refractivity contribution in [3.63, 3.8) is 0 Å². The van der Waals surface area contributed by atoms with Gasteiger partial charge in [-0.25, -0.2) is 0 Å². The van der Waals surface area contributed by atoms with E-state index in [0.717, 1.165) is 33.0 Å². The second-order valence-corrected chi connectivity index (χ2v) is 4.33. The predicted octanol–water partition coefficient (Wildman–Crippen LogP) is 1.04. The van der Waals surface area contributed by atoms with Gasteiger partial charge in [-0.2, -0.15) is 0 Å². The third-order valence-electron chi connectivity index (χ3n) is 3.39. The number of ether oxygens (including phenoxy) is 2. The summed E-state index contributed by atoms with van der Waals surface area (Å²) in [7, 11) is 0. The van der Waals surface area contributed by atoms with Crippen LogP contribution in [-0.2, 0) is 9.47 Å². The summed E-state index contributed by atoms with van der Waals surface area (Å²) in [6.07, 6.45) is 2.43. The summed E-state index contributed by atoms with van der Waals surface area (Å²) in [5.74, 6) is 1.42. The van der Waals surface area contributed by atoms with Gasteiger partial charge in [0.2, 0.25) is 0 Å². The van der Waals surface area contributed by atoms with Crippen LogP contribution in [0.3, 0.4) is 0 Å². The van der Waals surface area contributed by atoms with E-state index in [-0.39, 0.29) is 0 Å². The summed E-state index contributed by atoms with van der Waals surface area (Å²) in [6, 6.07) is 0.616. The molecule has 2 aliphatic heterocycles. The van der Waals surface area contributed by atoms with Gasteiger partial charge in [-0.15, -0.1) is 0 Å². The second-order valence-electron chi connectivity index (χ2n) is 4.33. The molecule has 0 radical (unpaired) electrons. The molecule has 2 aliphatic rings. The molecule has 1 N–H and O–H groups in total. The van der Waals surface area contributed by atoms with Crippen LogP contribution in [0.5, 0.6) is 0 Å². The maximum atomic E-state index is 5.46. The van der Waals surface area contributed by atoms with Crippen molar-refractivity contribution < 1.29 is 9.47 Å². The Morgan fingerprint density at radius 1 is 1.14 bits per heavy atom. The maximum Gasteiger partial charge on any atom is 0.0510 e. The molecule has 0 amide bonds. The van der Waals surface area contributed by atoms with Gasteiger partial charge in [0, 0.05) is 31.1 Å². The first-order valence-electron chi connectivity index (χ1n) is 5.80. The van der Waals surface area contributed by atoms with E-state index < -0.39 is 0 Å².